The molecule has 0 saturated heterocycles. The van der Waals surface area contributed by atoms with Crippen molar-refractivity contribution in [3.8, 4) is 0 Å². The standard InChI is InChI=1S/C4H6NO2.3C4H9.Sn/c1-2-3-5-4(6)7;3*1-3-4-2;/h1-2,5H,3H2,(H,6,7);3*1,3-4H2,2H3;/p-1. The Morgan fingerprint density at radius 1 is 1.00 bits per heavy atom. The van der Waals surface area contributed by atoms with Crippen molar-refractivity contribution in [3.05, 3.63) is 10.2 Å². The van der Waals surface area contributed by atoms with E-state index in [4.69, 9.17) is 0 Å². The van der Waals surface area contributed by atoms with E-state index in [-0.39, 0.29) is 0 Å². The Hall–Kier alpha value is -0.191. The Labute approximate surface area is 129 Å². The van der Waals surface area contributed by atoms with E-state index in [1.54, 1.807) is 0 Å². The molecule has 0 aliphatic carbocycles. The van der Waals surface area contributed by atoms with Gasteiger partial charge in [-0.05, 0) is 0 Å². The first-order chi connectivity index (χ1) is 9.60. The fourth-order valence-corrected chi connectivity index (χ4v) is 17.0. The quantitative estimate of drug-likeness (QED) is 0.516. The van der Waals surface area contributed by atoms with Gasteiger partial charge in [0, 0.05) is 0 Å². The van der Waals surface area contributed by atoms with E-state index in [0.29, 0.717) is 6.54 Å². The molecule has 118 valence electrons. The third kappa shape index (κ3) is 9.67. The molecule has 0 saturated carbocycles. The SMILES string of the molecule is CCC[CH2][Sn](/[CH]=C/CNC(=O)[O-])([CH2]CCC)[CH2]CCC. The number of carboxylic acid groups (broad SMARTS) is 1. The summed E-state index contributed by atoms with van der Waals surface area (Å²) in [6, 6.07) is 0. The van der Waals surface area contributed by atoms with E-state index in [9.17, 15) is 9.90 Å². The molecule has 4 heteroatoms. The van der Waals surface area contributed by atoms with Crippen molar-refractivity contribution in [2.75, 3.05) is 6.54 Å². The van der Waals surface area contributed by atoms with Gasteiger partial charge in [-0.1, -0.05) is 0 Å². The first-order valence-electron chi connectivity index (χ1n) is 8.22. The fourth-order valence-electron chi connectivity index (χ4n) is 2.66. The summed E-state index contributed by atoms with van der Waals surface area (Å²) in [5.41, 5.74) is 0. The molecule has 0 bridgehead atoms. The zero-order valence-corrected chi connectivity index (χ0v) is 16.4. The van der Waals surface area contributed by atoms with Crippen molar-refractivity contribution in [2.24, 2.45) is 0 Å². The molecule has 0 aromatic rings. The van der Waals surface area contributed by atoms with Gasteiger partial charge >= 0.3 is 129 Å². The second-order valence-electron chi connectivity index (χ2n) is 5.74. The third-order valence-electron chi connectivity index (χ3n) is 3.92. The molecule has 3 nitrogen and oxygen atoms in total. The Morgan fingerprint density at radius 2 is 1.45 bits per heavy atom. The minimum atomic E-state index is -2.20. The number of carbonyl (C=O) groups is 1. The van der Waals surface area contributed by atoms with Gasteiger partial charge in [0.25, 0.3) is 0 Å². The first-order valence-corrected chi connectivity index (χ1v) is 15.9. The number of unbranched alkanes of at least 4 members (excludes halogenated alkanes) is 3. The molecular weight excluding hydrogens is 357 g/mol. The Kier molecular flexibility index (Phi) is 12.4. The van der Waals surface area contributed by atoms with Gasteiger partial charge in [-0.25, -0.2) is 0 Å². The molecule has 0 aliphatic heterocycles. The van der Waals surface area contributed by atoms with E-state index in [2.05, 4.69) is 36.3 Å². The van der Waals surface area contributed by atoms with Gasteiger partial charge in [-0.2, -0.15) is 0 Å². The van der Waals surface area contributed by atoms with Gasteiger partial charge in [0.15, 0.2) is 0 Å². The molecule has 0 unspecified atom stereocenters. The monoisotopic (exact) mass is 390 g/mol. The molecule has 0 heterocycles. The molecule has 0 spiro atoms. The van der Waals surface area contributed by atoms with E-state index in [0.717, 1.165) is 0 Å². The van der Waals surface area contributed by atoms with E-state index < -0.39 is 24.5 Å². The van der Waals surface area contributed by atoms with E-state index >= 15 is 0 Å². The van der Waals surface area contributed by atoms with Crippen LogP contribution in [0.3, 0.4) is 0 Å². The predicted octanol–water partition coefficient (Wildman–Crippen LogP) is 3.86. The van der Waals surface area contributed by atoms with Crippen LogP contribution in [0.15, 0.2) is 10.2 Å². The van der Waals surface area contributed by atoms with E-state index in [1.165, 1.54) is 51.8 Å². The van der Waals surface area contributed by atoms with Crippen molar-refractivity contribution in [1.29, 1.82) is 0 Å². The summed E-state index contributed by atoms with van der Waals surface area (Å²) in [4.78, 5) is 10.4. The molecule has 0 radical (unpaired) electrons. The number of hydrogen-bond donors (Lipinski definition) is 1. The van der Waals surface area contributed by atoms with Crippen LogP contribution >= 0.6 is 0 Å². The predicted molar refractivity (Wildman–Crippen MR) is 87.4 cm³/mol. The third-order valence-corrected chi connectivity index (χ3v) is 18.2. The van der Waals surface area contributed by atoms with Gasteiger partial charge in [-0.3, -0.25) is 0 Å². The number of carbonyl (C=O) groups excluding carboxylic acids is 1. The average Bonchev–Trinajstić information content (AvgIpc) is 2.44. The van der Waals surface area contributed by atoms with Crippen LogP contribution in [-0.4, -0.2) is 31.0 Å². The second-order valence-corrected chi connectivity index (χ2v) is 18.8. The minimum absolute atomic E-state index is 0.408. The van der Waals surface area contributed by atoms with Crippen molar-refractivity contribution in [3.63, 3.8) is 0 Å². The van der Waals surface area contributed by atoms with Crippen LogP contribution in [0.1, 0.15) is 59.3 Å². The molecule has 20 heavy (non-hydrogen) atoms. The summed E-state index contributed by atoms with van der Waals surface area (Å²) >= 11 is -2.20. The number of hydrogen-bond acceptors (Lipinski definition) is 2. The zero-order chi connectivity index (χ0) is 15.3. The number of amides is 1. The van der Waals surface area contributed by atoms with E-state index in [1.807, 2.05) is 0 Å². The van der Waals surface area contributed by atoms with Gasteiger partial charge in [-0.15, -0.1) is 0 Å². The summed E-state index contributed by atoms with van der Waals surface area (Å²) in [5, 5.41) is 12.7. The van der Waals surface area contributed by atoms with Crippen LogP contribution in [0.2, 0.25) is 13.3 Å². The van der Waals surface area contributed by atoms with Crippen molar-refractivity contribution >= 4 is 24.5 Å². The zero-order valence-electron chi connectivity index (χ0n) is 13.5. The molecule has 0 aromatic carbocycles. The Balaban J connectivity index is 4.68. The molecular formula is C16H32NO2Sn-. The second kappa shape index (κ2) is 12.5. The summed E-state index contributed by atoms with van der Waals surface area (Å²) in [7, 11) is 0. The maximum absolute atomic E-state index is 10.4. The maximum atomic E-state index is 10.4. The van der Waals surface area contributed by atoms with Crippen molar-refractivity contribution < 1.29 is 9.90 Å². The molecule has 0 fully saturated rings. The Morgan fingerprint density at radius 3 is 1.80 bits per heavy atom. The normalized spacial score (nSPS) is 11.9. The van der Waals surface area contributed by atoms with Gasteiger partial charge < -0.3 is 0 Å². The molecule has 0 aliphatic rings. The average molecular weight is 389 g/mol. The van der Waals surface area contributed by atoms with Crippen molar-refractivity contribution in [1.82, 2.24) is 5.32 Å². The summed E-state index contributed by atoms with van der Waals surface area (Å²) in [5.74, 6) is 0. The van der Waals surface area contributed by atoms with Crippen LogP contribution in [0, 0.1) is 0 Å². The van der Waals surface area contributed by atoms with Crippen LogP contribution in [-0.2, 0) is 0 Å². The fraction of sp³-hybridized carbons (Fsp3) is 0.812. The Bertz CT molecular complexity index is 258. The van der Waals surface area contributed by atoms with Gasteiger partial charge in [0.1, 0.15) is 0 Å². The summed E-state index contributed by atoms with van der Waals surface area (Å²) < 4.78 is 6.75. The van der Waals surface area contributed by atoms with Crippen LogP contribution < -0.4 is 10.4 Å². The molecule has 0 aromatic heterocycles. The van der Waals surface area contributed by atoms with Gasteiger partial charge in [0.2, 0.25) is 0 Å². The van der Waals surface area contributed by atoms with Crippen LogP contribution in [0.5, 0.6) is 0 Å². The number of rotatable bonds is 12. The molecule has 0 rings (SSSR count). The topological polar surface area (TPSA) is 52.2 Å². The molecule has 1 amide bonds. The molecule has 1 N–H and O–H groups in total. The molecule has 0 atom stereocenters. The van der Waals surface area contributed by atoms with Crippen LogP contribution in [0.4, 0.5) is 4.79 Å². The van der Waals surface area contributed by atoms with Crippen molar-refractivity contribution in [2.45, 2.75) is 72.6 Å². The summed E-state index contributed by atoms with van der Waals surface area (Å²) in [6.07, 6.45) is 8.69. The van der Waals surface area contributed by atoms with Gasteiger partial charge in [0.05, 0.1) is 0 Å². The summed E-state index contributed by atoms with van der Waals surface area (Å²) in [6.45, 7) is 7.19. The van der Waals surface area contributed by atoms with Crippen LogP contribution in [0.25, 0.3) is 0 Å². The number of nitrogens with one attached hydrogen (secondary N) is 1. The first kappa shape index (κ1) is 19.8.